The predicted octanol–water partition coefficient (Wildman–Crippen LogP) is 0.290. The fourth-order valence-electron chi connectivity index (χ4n) is 1.47. The number of carboxylic acid groups (broad SMARTS) is 1. The molecule has 0 bridgehead atoms. The first kappa shape index (κ1) is 12.1. The number of aliphatic carboxylic acids is 1. The first-order chi connectivity index (χ1) is 7.54. The SMILES string of the molecule is C#CCN(C)C(=O)NC1C=CC(C(=O)O)C1. The summed E-state index contributed by atoms with van der Waals surface area (Å²) < 4.78 is 0. The van der Waals surface area contributed by atoms with Crippen LogP contribution in [0.25, 0.3) is 0 Å². The number of hydrogen-bond donors (Lipinski definition) is 2. The van der Waals surface area contributed by atoms with Crippen LogP contribution < -0.4 is 5.32 Å². The van der Waals surface area contributed by atoms with Gasteiger partial charge in [0.15, 0.2) is 0 Å². The second-order valence-corrected chi connectivity index (χ2v) is 3.68. The molecular formula is C11H14N2O3. The van der Waals surface area contributed by atoms with Crippen LogP contribution in [0.15, 0.2) is 12.2 Å². The lowest BCUT2D eigenvalue weighted by molar-refractivity contribution is -0.140. The van der Waals surface area contributed by atoms with E-state index in [1.54, 1.807) is 19.2 Å². The van der Waals surface area contributed by atoms with Crippen molar-refractivity contribution in [3.63, 3.8) is 0 Å². The van der Waals surface area contributed by atoms with Gasteiger partial charge in [0.2, 0.25) is 0 Å². The highest BCUT2D eigenvalue weighted by Gasteiger charge is 2.25. The van der Waals surface area contributed by atoms with Crippen LogP contribution in [0.4, 0.5) is 4.79 Å². The van der Waals surface area contributed by atoms with Gasteiger partial charge in [-0.1, -0.05) is 18.1 Å². The Hall–Kier alpha value is -1.96. The van der Waals surface area contributed by atoms with Crippen molar-refractivity contribution in [3.05, 3.63) is 12.2 Å². The molecule has 86 valence electrons. The maximum absolute atomic E-state index is 11.5. The minimum Gasteiger partial charge on any atom is -0.481 e. The molecule has 16 heavy (non-hydrogen) atoms. The number of urea groups is 1. The van der Waals surface area contributed by atoms with E-state index in [1.807, 2.05) is 0 Å². The number of hydrogen-bond acceptors (Lipinski definition) is 2. The normalized spacial score (nSPS) is 22.5. The molecule has 0 aromatic heterocycles. The second kappa shape index (κ2) is 5.21. The van der Waals surface area contributed by atoms with E-state index in [0.29, 0.717) is 6.42 Å². The van der Waals surface area contributed by atoms with Crippen LogP contribution in [0.3, 0.4) is 0 Å². The fraction of sp³-hybridized carbons (Fsp3) is 0.455. The van der Waals surface area contributed by atoms with Gasteiger partial charge in [-0.2, -0.15) is 0 Å². The summed E-state index contributed by atoms with van der Waals surface area (Å²) in [6, 6.07) is -0.521. The molecule has 0 spiro atoms. The Balaban J connectivity index is 2.41. The van der Waals surface area contributed by atoms with E-state index in [4.69, 9.17) is 11.5 Å². The van der Waals surface area contributed by atoms with Crippen molar-refractivity contribution in [2.75, 3.05) is 13.6 Å². The van der Waals surface area contributed by atoms with Gasteiger partial charge in [-0.3, -0.25) is 4.79 Å². The van der Waals surface area contributed by atoms with E-state index < -0.39 is 11.9 Å². The van der Waals surface area contributed by atoms with Gasteiger partial charge in [-0.15, -0.1) is 6.42 Å². The topological polar surface area (TPSA) is 69.6 Å². The minimum absolute atomic E-state index is 0.227. The smallest absolute Gasteiger partial charge is 0.318 e. The van der Waals surface area contributed by atoms with Crippen molar-refractivity contribution in [1.82, 2.24) is 10.2 Å². The lowest BCUT2D eigenvalue weighted by Crippen LogP contribution is -2.42. The average Bonchev–Trinajstić information content (AvgIpc) is 2.66. The quantitative estimate of drug-likeness (QED) is 0.532. The van der Waals surface area contributed by atoms with Crippen molar-refractivity contribution in [3.8, 4) is 12.3 Å². The molecule has 2 unspecified atom stereocenters. The molecular weight excluding hydrogens is 208 g/mol. The highest BCUT2D eigenvalue weighted by molar-refractivity contribution is 5.76. The molecule has 1 rings (SSSR count). The molecule has 0 aromatic carbocycles. The summed E-state index contributed by atoms with van der Waals surface area (Å²) in [5.41, 5.74) is 0. The number of amides is 2. The van der Waals surface area contributed by atoms with Crippen LogP contribution in [0, 0.1) is 18.3 Å². The van der Waals surface area contributed by atoms with Crippen LogP contribution in [0.2, 0.25) is 0 Å². The molecule has 0 fully saturated rings. The predicted molar refractivity (Wildman–Crippen MR) is 58.7 cm³/mol. The summed E-state index contributed by atoms with van der Waals surface area (Å²) >= 11 is 0. The first-order valence-electron chi connectivity index (χ1n) is 4.90. The minimum atomic E-state index is -0.870. The van der Waals surface area contributed by atoms with Gasteiger partial charge < -0.3 is 15.3 Å². The molecule has 1 aliphatic rings. The van der Waals surface area contributed by atoms with Gasteiger partial charge in [-0.05, 0) is 6.42 Å². The van der Waals surface area contributed by atoms with Crippen molar-refractivity contribution in [2.24, 2.45) is 5.92 Å². The van der Waals surface area contributed by atoms with Gasteiger partial charge in [0.25, 0.3) is 0 Å². The van der Waals surface area contributed by atoms with E-state index in [9.17, 15) is 9.59 Å². The van der Waals surface area contributed by atoms with Gasteiger partial charge >= 0.3 is 12.0 Å². The molecule has 2 N–H and O–H groups in total. The Bertz CT molecular complexity index is 357. The number of nitrogens with zero attached hydrogens (tertiary/aromatic N) is 1. The molecule has 0 aliphatic heterocycles. The molecule has 0 radical (unpaired) electrons. The van der Waals surface area contributed by atoms with Crippen LogP contribution in [0.5, 0.6) is 0 Å². The van der Waals surface area contributed by atoms with E-state index in [0.717, 1.165) is 0 Å². The molecule has 1 aliphatic carbocycles. The number of terminal acetylenes is 1. The number of carbonyl (C=O) groups is 2. The summed E-state index contributed by atoms with van der Waals surface area (Å²) in [6.07, 6.45) is 8.75. The monoisotopic (exact) mass is 222 g/mol. The zero-order chi connectivity index (χ0) is 12.1. The van der Waals surface area contributed by atoms with Gasteiger partial charge in [0.1, 0.15) is 0 Å². The Morgan fingerprint density at radius 1 is 1.62 bits per heavy atom. The third-order valence-electron chi connectivity index (χ3n) is 2.38. The number of carboxylic acids is 1. The van der Waals surface area contributed by atoms with Crippen LogP contribution >= 0.6 is 0 Å². The zero-order valence-corrected chi connectivity index (χ0v) is 9.01. The molecule has 0 saturated carbocycles. The molecule has 0 heterocycles. The lowest BCUT2D eigenvalue weighted by atomic mass is 10.1. The van der Waals surface area contributed by atoms with Crippen molar-refractivity contribution >= 4 is 12.0 Å². The average molecular weight is 222 g/mol. The van der Waals surface area contributed by atoms with Gasteiger partial charge in [0, 0.05) is 7.05 Å². The van der Waals surface area contributed by atoms with Crippen molar-refractivity contribution in [2.45, 2.75) is 12.5 Å². The Morgan fingerprint density at radius 3 is 2.81 bits per heavy atom. The van der Waals surface area contributed by atoms with Crippen LogP contribution in [-0.4, -0.2) is 41.6 Å². The van der Waals surface area contributed by atoms with Gasteiger partial charge in [-0.25, -0.2) is 4.79 Å². The fourth-order valence-corrected chi connectivity index (χ4v) is 1.47. The number of carbonyl (C=O) groups excluding carboxylic acids is 1. The van der Waals surface area contributed by atoms with Crippen molar-refractivity contribution in [1.29, 1.82) is 0 Å². The van der Waals surface area contributed by atoms with E-state index in [-0.39, 0.29) is 18.6 Å². The van der Waals surface area contributed by atoms with Crippen LogP contribution in [-0.2, 0) is 4.79 Å². The highest BCUT2D eigenvalue weighted by Crippen LogP contribution is 2.17. The third-order valence-corrected chi connectivity index (χ3v) is 2.38. The molecule has 2 atom stereocenters. The molecule has 5 nitrogen and oxygen atoms in total. The van der Waals surface area contributed by atoms with E-state index >= 15 is 0 Å². The van der Waals surface area contributed by atoms with Crippen LogP contribution in [0.1, 0.15) is 6.42 Å². The zero-order valence-electron chi connectivity index (χ0n) is 9.01. The lowest BCUT2D eigenvalue weighted by Gasteiger charge is -2.18. The number of nitrogens with one attached hydrogen (secondary N) is 1. The Morgan fingerprint density at radius 2 is 2.31 bits per heavy atom. The van der Waals surface area contributed by atoms with E-state index in [1.165, 1.54) is 4.90 Å². The summed E-state index contributed by atoms with van der Waals surface area (Å²) in [6.45, 7) is 0.227. The maximum Gasteiger partial charge on any atom is 0.318 e. The summed E-state index contributed by atoms with van der Waals surface area (Å²) in [5, 5.41) is 11.4. The standard InChI is InChI=1S/C11H14N2O3/c1-3-6-13(2)11(16)12-9-5-4-8(7-9)10(14)15/h1,4-5,8-9H,6-7H2,2H3,(H,12,16)(H,14,15). The number of rotatable bonds is 3. The molecule has 0 saturated heterocycles. The van der Waals surface area contributed by atoms with Crippen molar-refractivity contribution < 1.29 is 14.7 Å². The van der Waals surface area contributed by atoms with Gasteiger partial charge in [0.05, 0.1) is 18.5 Å². The molecule has 0 aromatic rings. The largest absolute Gasteiger partial charge is 0.481 e. The second-order valence-electron chi connectivity index (χ2n) is 3.68. The molecule has 2 amide bonds. The summed E-state index contributed by atoms with van der Waals surface area (Å²) in [7, 11) is 1.59. The summed E-state index contributed by atoms with van der Waals surface area (Å²) in [4.78, 5) is 23.5. The Kier molecular flexibility index (Phi) is 3.95. The first-order valence-corrected chi connectivity index (χ1v) is 4.90. The molecule has 5 heteroatoms. The van der Waals surface area contributed by atoms with E-state index in [2.05, 4.69) is 11.2 Å². The summed E-state index contributed by atoms with van der Waals surface area (Å²) in [5.74, 6) is 0.972. The maximum atomic E-state index is 11.5. The third kappa shape index (κ3) is 3.02. The highest BCUT2D eigenvalue weighted by atomic mass is 16.4. The Labute approximate surface area is 94.1 Å².